The summed E-state index contributed by atoms with van der Waals surface area (Å²) in [6, 6.07) is 2.63. The lowest BCUT2D eigenvalue weighted by Crippen LogP contribution is -2.23. The van der Waals surface area contributed by atoms with Crippen molar-refractivity contribution in [3.05, 3.63) is 65.1 Å². The Bertz CT molecular complexity index is 1160. The Hall–Kier alpha value is -3.19. The Morgan fingerprint density at radius 3 is 2.76 bits per heavy atom. The number of aromatic nitrogens is 4. The maximum Gasteiger partial charge on any atom is 0.419 e. The van der Waals surface area contributed by atoms with Crippen molar-refractivity contribution in [2.24, 2.45) is 0 Å². The van der Waals surface area contributed by atoms with E-state index in [1.807, 2.05) is 6.92 Å². The lowest BCUT2D eigenvalue weighted by Gasteiger charge is -2.12. The zero-order valence-corrected chi connectivity index (χ0v) is 19.0. The van der Waals surface area contributed by atoms with Gasteiger partial charge in [0, 0.05) is 31.1 Å². The van der Waals surface area contributed by atoms with Crippen LogP contribution in [0.15, 0.2) is 36.9 Å². The number of hydrogen-bond donors (Lipinski definition) is 2. The largest absolute Gasteiger partial charge is 0.419 e. The van der Waals surface area contributed by atoms with Gasteiger partial charge in [-0.3, -0.25) is 9.36 Å². The van der Waals surface area contributed by atoms with Crippen LogP contribution in [0.25, 0.3) is 5.82 Å². The van der Waals surface area contributed by atoms with Gasteiger partial charge in [0.1, 0.15) is 23.7 Å². The highest BCUT2D eigenvalue weighted by molar-refractivity contribution is 7.59. The highest BCUT2D eigenvalue weighted by Crippen LogP contribution is 2.31. The van der Waals surface area contributed by atoms with Gasteiger partial charge < -0.3 is 15.4 Å². The van der Waals surface area contributed by atoms with E-state index in [1.54, 1.807) is 10.8 Å². The lowest BCUT2D eigenvalue weighted by molar-refractivity contribution is -0.140. The molecule has 1 atom stereocenters. The molecule has 8 nitrogen and oxygen atoms in total. The third kappa shape index (κ3) is 5.83. The number of halogens is 4. The molecule has 182 valence electrons. The van der Waals surface area contributed by atoms with Gasteiger partial charge in [-0.1, -0.05) is 6.07 Å². The molecule has 0 saturated carbocycles. The van der Waals surface area contributed by atoms with Gasteiger partial charge >= 0.3 is 6.18 Å². The Labute approximate surface area is 199 Å². The number of hydrogen-bond acceptors (Lipinski definition) is 6. The van der Waals surface area contributed by atoms with E-state index in [0.29, 0.717) is 31.0 Å². The summed E-state index contributed by atoms with van der Waals surface area (Å²) in [5, 5.41) is 5.72. The molecule has 1 fully saturated rings. The number of rotatable bonds is 6. The van der Waals surface area contributed by atoms with Crippen molar-refractivity contribution in [1.82, 2.24) is 24.8 Å². The van der Waals surface area contributed by atoms with Crippen LogP contribution in [0.2, 0.25) is 0 Å². The summed E-state index contributed by atoms with van der Waals surface area (Å²) in [5.41, 5.74) is -0.343. The Morgan fingerprint density at radius 1 is 1.29 bits per heavy atom. The quantitative estimate of drug-likeness (QED) is 0.507. The van der Waals surface area contributed by atoms with E-state index in [-0.39, 0.29) is 37.3 Å². The summed E-state index contributed by atoms with van der Waals surface area (Å²) in [6.45, 7) is 2.90. The van der Waals surface area contributed by atoms with E-state index in [9.17, 15) is 22.4 Å². The van der Waals surface area contributed by atoms with Crippen LogP contribution in [0, 0.1) is 12.7 Å². The molecule has 0 spiro atoms. The molecule has 0 unspecified atom stereocenters. The number of carbonyl (C=O) groups excluding carboxylic acids is 1. The maximum absolute atomic E-state index is 13.7. The van der Waals surface area contributed by atoms with E-state index in [1.165, 1.54) is 12.5 Å². The van der Waals surface area contributed by atoms with E-state index in [4.69, 9.17) is 4.74 Å². The molecule has 1 aromatic carbocycles. The average molecular weight is 499 g/mol. The highest BCUT2D eigenvalue weighted by Gasteiger charge is 2.33. The molecule has 1 saturated heterocycles. The van der Waals surface area contributed by atoms with Crippen LogP contribution in [0.5, 0.6) is 0 Å². The number of aryl methyl sites for hydroxylation is 1. The minimum Gasteiger partial charge on any atom is -0.379 e. The molecule has 3 aromatic rings. The first-order valence-electron chi connectivity index (χ1n) is 10.1. The van der Waals surface area contributed by atoms with E-state index in [0.717, 1.165) is 24.1 Å². The number of nitrogens with zero attached hydrogens (tertiary/aromatic N) is 4. The average Bonchev–Trinajstić information content (AvgIpc) is 3.45. The minimum atomic E-state index is -4.78. The van der Waals surface area contributed by atoms with Gasteiger partial charge in [-0.2, -0.15) is 31.7 Å². The molecule has 2 aromatic heterocycles. The van der Waals surface area contributed by atoms with Crippen molar-refractivity contribution in [2.75, 3.05) is 18.5 Å². The smallest absolute Gasteiger partial charge is 0.379 e. The van der Waals surface area contributed by atoms with Crippen LogP contribution in [0.4, 0.5) is 23.5 Å². The third-order valence-electron chi connectivity index (χ3n) is 5.06. The normalized spacial score (nSPS) is 15.6. The van der Waals surface area contributed by atoms with E-state index >= 15 is 0 Å². The number of anilines is 1. The van der Waals surface area contributed by atoms with Gasteiger partial charge in [-0.15, -0.1) is 0 Å². The zero-order chi connectivity index (χ0) is 23.6. The van der Waals surface area contributed by atoms with Crippen molar-refractivity contribution in [3.8, 4) is 5.82 Å². The Kier molecular flexibility index (Phi) is 7.77. The monoisotopic (exact) mass is 498 g/mol. The van der Waals surface area contributed by atoms with Gasteiger partial charge in [0.25, 0.3) is 5.91 Å². The number of alkyl halides is 3. The van der Waals surface area contributed by atoms with Crippen LogP contribution >= 0.6 is 13.5 Å². The number of ether oxygens (including phenoxy) is 1. The van der Waals surface area contributed by atoms with Gasteiger partial charge in [-0.05, 0) is 31.0 Å². The third-order valence-corrected chi connectivity index (χ3v) is 5.06. The molecule has 4 rings (SSSR count). The first-order valence-corrected chi connectivity index (χ1v) is 10.1. The number of amides is 1. The molecule has 1 aliphatic heterocycles. The standard InChI is InChI=1S/C21H20F4N6O2.H2S/c1-12-7-27-20(29-14-4-5-33-10-14)30-18(12)31-9-17(28-11-31)19(32)26-8-13-2-3-15(16(22)6-13)21(23,24)25;/h2-3,6-7,9,11,14H,4-5,8,10H2,1H3,(H,26,32)(H,27,29,30);1H2/t14-;/m0./s1. The van der Waals surface area contributed by atoms with E-state index < -0.39 is 23.5 Å². The number of imidazole rings is 1. The fourth-order valence-electron chi connectivity index (χ4n) is 3.32. The fraction of sp³-hybridized carbons (Fsp3) is 0.333. The highest BCUT2D eigenvalue weighted by atomic mass is 32.1. The van der Waals surface area contributed by atoms with Crippen LogP contribution in [0.3, 0.4) is 0 Å². The summed E-state index contributed by atoms with van der Waals surface area (Å²) in [7, 11) is 0. The fourth-order valence-corrected chi connectivity index (χ4v) is 3.32. The predicted molar refractivity (Wildman–Crippen MR) is 120 cm³/mol. The van der Waals surface area contributed by atoms with Crippen molar-refractivity contribution < 1.29 is 27.1 Å². The number of benzene rings is 1. The maximum atomic E-state index is 13.7. The predicted octanol–water partition coefficient (Wildman–Crippen LogP) is 3.37. The molecule has 0 aliphatic carbocycles. The second-order valence-electron chi connectivity index (χ2n) is 7.57. The zero-order valence-electron chi connectivity index (χ0n) is 18.0. The van der Waals surface area contributed by atoms with Crippen molar-refractivity contribution in [1.29, 1.82) is 0 Å². The first kappa shape index (κ1) is 25.4. The van der Waals surface area contributed by atoms with Gasteiger partial charge in [-0.25, -0.2) is 14.4 Å². The summed E-state index contributed by atoms with van der Waals surface area (Å²) in [6.07, 6.45) is 0.618. The molecular formula is C21H22F4N6O2S. The topological polar surface area (TPSA) is 94.0 Å². The summed E-state index contributed by atoms with van der Waals surface area (Å²) < 4.78 is 58.6. The molecule has 0 radical (unpaired) electrons. The van der Waals surface area contributed by atoms with Crippen LogP contribution in [0.1, 0.15) is 33.6 Å². The van der Waals surface area contributed by atoms with Gasteiger partial charge in [0.15, 0.2) is 0 Å². The van der Waals surface area contributed by atoms with Crippen molar-refractivity contribution in [3.63, 3.8) is 0 Å². The molecule has 13 heteroatoms. The Balaban J connectivity index is 0.00000324. The summed E-state index contributed by atoms with van der Waals surface area (Å²) >= 11 is 0. The molecule has 3 heterocycles. The summed E-state index contributed by atoms with van der Waals surface area (Å²) in [4.78, 5) is 25.3. The van der Waals surface area contributed by atoms with Crippen LogP contribution in [-0.4, -0.2) is 44.7 Å². The van der Waals surface area contributed by atoms with Crippen LogP contribution in [-0.2, 0) is 17.5 Å². The number of nitrogens with one attached hydrogen (secondary N) is 2. The molecule has 1 aliphatic rings. The SMILES string of the molecule is Cc1cnc(N[C@H]2CCOC2)nc1-n1cnc(C(=O)NCc2ccc(C(F)(F)F)c(F)c2)c1.S. The molecule has 34 heavy (non-hydrogen) atoms. The van der Waals surface area contributed by atoms with Gasteiger partial charge in [0.05, 0.1) is 18.2 Å². The Morgan fingerprint density at radius 2 is 2.09 bits per heavy atom. The van der Waals surface area contributed by atoms with Crippen molar-refractivity contribution in [2.45, 2.75) is 32.1 Å². The second-order valence-corrected chi connectivity index (χ2v) is 7.57. The first-order chi connectivity index (χ1) is 15.7. The second kappa shape index (κ2) is 10.4. The molecule has 0 bridgehead atoms. The minimum absolute atomic E-state index is 0. The number of carbonyl (C=O) groups is 1. The molecule has 2 N–H and O–H groups in total. The molecule has 1 amide bonds. The van der Waals surface area contributed by atoms with Gasteiger partial charge in [0.2, 0.25) is 5.95 Å². The lowest BCUT2D eigenvalue weighted by atomic mass is 10.1. The summed E-state index contributed by atoms with van der Waals surface area (Å²) in [5.74, 6) is -1.01. The van der Waals surface area contributed by atoms with E-state index in [2.05, 4.69) is 25.6 Å². The van der Waals surface area contributed by atoms with Crippen LogP contribution < -0.4 is 10.6 Å². The molecular weight excluding hydrogens is 476 g/mol. The van der Waals surface area contributed by atoms with Crippen molar-refractivity contribution >= 4 is 25.4 Å².